The quantitative estimate of drug-likeness (QED) is 0.779. The number of hydrogen-bond acceptors (Lipinski definition) is 4. The third kappa shape index (κ3) is 6.71. The van der Waals surface area contributed by atoms with Crippen LogP contribution in [0.3, 0.4) is 0 Å². The van der Waals surface area contributed by atoms with Crippen molar-refractivity contribution in [3.63, 3.8) is 0 Å². The Morgan fingerprint density at radius 1 is 1.53 bits per heavy atom. The molecule has 0 amide bonds. The average molecular weight is 330 g/mol. The van der Waals surface area contributed by atoms with Crippen molar-refractivity contribution >= 4 is 21.9 Å². The largest absolute Gasteiger partial charge is 0.466 e. The number of carbonyl (C=O) groups excluding carboxylic acids is 1. The number of halogens is 1. The number of esters is 1. The molecule has 0 saturated heterocycles. The molecule has 0 heterocycles. The summed E-state index contributed by atoms with van der Waals surface area (Å²) in [6.07, 6.45) is -0.660. The highest BCUT2D eigenvalue weighted by molar-refractivity contribution is 9.10. The average Bonchev–Trinajstić information content (AvgIpc) is 2.28. The summed E-state index contributed by atoms with van der Waals surface area (Å²) >= 11 is 3.42. The first-order chi connectivity index (χ1) is 9.01. The summed E-state index contributed by atoms with van der Waals surface area (Å²) in [4.78, 5) is 13.2. The maximum absolute atomic E-state index is 11.2. The lowest BCUT2D eigenvalue weighted by atomic mass is 10.2. The van der Waals surface area contributed by atoms with Crippen molar-refractivity contribution in [2.75, 3.05) is 20.2 Å². The van der Waals surface area contributed by atoms with Crippen LogP contribution in [0.5, 0.6) is 0 Å². The molecule has 1 atom stereocenters. The molecule has 1 aromatic carbocycles. The highest BCUT2D eigenvalue weighted by atomic mass is 79.9. The molecular formula is C14H20BrNO3. The summed E-state index contributed by atoms with van der Waals surface area (Å²) in [5, 5.41) is 9.80. The van der Waals surface area contributed by atoms with Gasteiger partial charge in [-0.25, -0.2) is 0 Å². The van der Waals surface area contributed by atoms with Gasteiger partial charge in [-0.15, -0.1) is 0 Å². The predicted octanol–water partition coefficient (Wildman–Crippen LogP) is 2.19. The molecule has 1 aromatic rings. The van der Waals surface area contributed by atoms with Crippen molar-refractivity contribution in [3.8, 4) is 0 Å². The number of aliphatic hydroxyl groups is 1. The Balaban J connectivity index is 2.38. The second-order valence-electron chi connectivity index (χ2n) is 4.49. The van der Waals surface area contributed by atoms with Crippen LogP contribution < -0.4 is 0 Å². The van der Waals surface area contributed by atoms with Gasteiger partial charge >= 0.3 is 5.97 Å². The van der Waals surface area contributed by atoms with Gasteiger partial charge in [0.2, 0.25) is 0 Å². The molecule has 1 N–H and O–H groups in total. The summed E-state index contributed by atoms with van der Waals surface area (Å²) in [5.41, 5.74) is 1.15. The van der Waals surface area contributed by atoms with Gasteiger partial charge in [0.1, 0.15) is 0 Å². The highest BCUT2D eigenvalue weighted by Crippen LogP contribution is 2.13. The molecule has 0 saturated carbocycles. The van der Waals surface area contributed by atoms with E-state index in [4.69, 9.17) is 4.74 Å². The molecule has 0 fully saturated rings. The van der Waals surface area contributed by atoms with Crippen LogP contribution in [-0.2, 0) is 16.1 Å². The molecule has 1 rings (SSSR count). The van der Waals surface area contributed by atoms with Gasteiger partial charge in [0.25, 0.3) is 0 Å². The lowest BCUT2D eigenvalue weighted by Gasteiger charge is -2.20. The van der Waals surface area contributed by atoms with Crippen LogP contribution in [0.2, 0.25) is 0 Å². The van der Waals surface area contributed by atoms with Crippen molar-refractivity contribution in [2.24, 2.45) is 0 Å². The van der Waals surface area contributed by atoms with Gasteiger partial charge in [0.15, 0.2) is 0 Å². The van der Waals surface area contributed by atoms with E-state index in [1.807, 2.05) is 36.2 Å². The third-order valence-corrected chi connectivity index (χ3v) is 3.06. The Kier molecular flexibility index (Phi) is 7.05. The van der Waals surface area contributed by atoms with Gasteiger partial charge in [-0.05, 0) is 31.7 Å². The van der Waals surface area contributed by atoms with Crippen LogP contribution in [0, 0.1) is 0 Å². The standard InChI is InChI=1S/C14H20BrNO3/c1-3-19-14(18)8-13(17)10-16(2)9-11-5-4-6-12(15)7-11/h4-7,13,17H,3,8-10H2,1-2H3. The molecule has 0 bridgehead atoms. The van der Waals surface area contributed by atoms with Crippen molar-refractivity contribution in [2.45, 2.75) is 26.0 Å². The molecule has 4 nitrogen and oxygen atoms in total. The number of rotatable bonds is 7. The molecule has 5 heteroatoms. The first-order valence-electron chi connectivity index (χ1n) is 6.28. The molecule has 19 heavy (non-hydrogen) atoms. The molecule has 0 aliphatic heterocycles. The van der Waals surface area contributed by atoms with Gasteiger partial charge < -0.3 is 9.84 Å². The number of benzene rings is 1. The van der Waals surface area contributed by atoms with Gasteiger partial charge in [-0.1, -0.05) is 28.1 Å². The van der Waals surface area contributed by atoms with Gasteiger partial charge in [0.05, 0.1) is 19.1 Å². The Hall–Kier alpha value is -0.910. The number of nitrogens with zero attached hydrogens (tertiary/aromatic N) is 1. The smallest absolute Gasteiger partial charge is 0.308 e. The number of carbonyl (C=O) groups is 1. The fourth-order valence-electron chi connectivity index (χ4n) is 1.85. The van der Waals surface area contributed by atoms with Crippen molar-refractivity contribution < 1.29 is 14.6 Å². The minimum atomic E-state index is -0.698. The number of ether oxygens (including phenoxy) is 1. The molecule has 0 aromatic heterocycles. The molecule has 0 aliphatic rings. The molecule has 106 valence electrons. The Bertz CT molecular complexity index is 411. The van der Waals surface area contributed by atoms with Gasteiger partial charge in [-0.2, -0.15) is 0 Å². The lowest BCUT2D eigenvalue weighted by Crippen LogP contribution is -2.30. The van der Waals surface area contributed by atoms with Crippen molar-refractivity contribution in [1.82, 2.24) is 4.90 Å². The monoisotopic (exact) mass is 329 g/mol. The minimum Gasteiger partial charge on any atom is -0.466 e. The van der Waals surface area contributed by atoms with Gasteiger partial charge in [-0.3, -0.25) is 9.69 Å². The van der Waals surface area contributed by atoms with E-state index < -0.39 is 6.10 Å². The molecular weight excluding hydrogens is 310 g/mol. The number of likely N-dealkylation sites (N-methyl/N-ethyl adjacent to an activating group) is 1. The van der Waals surface area contributed by atoms with E-state index in [-0.39, 0.29) is 12.4 Å². The van der Waals surface area contributed by atoms with Crippen molar-refractivity contribution in [1.29, 1.82) is 0 Å². The lowest BCUT2D eigenvalue weighted by molar-refractivity contribution is -0.145. The molecule has 0 spiro atoms. The maximum Gasteiger partial charge on any atom is 0.308 e. The van der Waals surface area contributed by atoms with Crippen LogP contribution in [0.1, 0.15) is 18.9 Å². The summed E-state index contributed by atoms with van der Waals surface area (Å²) < 4.78 is 5.84. The van der Waals surface area contributed by atoms with Gasteiger partial charge in [0, 0.05) is 17.6 Å². The van der Waals surface area contributed by atoms with E-state index in [0.717, 1.165) is 16.6 Å². The van der Waals surface area contributed by atoms with Crippen LogP contribution in [0.4, 0.5) is 0 Å². The summed E-state index contributed by atoms with van der Waals surface area (Å²) in [6, 6.07) is 8.01. The molecule has 0 aliphatic carbocycles. The van der Waals surface area contributed by atoms with Crippen LogP contribution in [0.25, 0.3) is 0 Å². The highest BCUT2D eigenvalue weighted by Gasteiger charge is 2.14. The van der Waals surface area contributed by atoms with E-state index in [9.17, 15) is 9.90 Å². The summed E-state index contributed by atoms with van der Waals surface area (Å²) in [5.74, 6) is -0.356. The fourth-order valence-corrected chi connectivity index (χ4v) is 2.29. The Labute approximate surface area is 122 Å². The second-order valence-corrected chi connectivity index (χ2v) is 5.41. The van der Waals surface area contributed by atoms with E-state index in [1.54, 1.807) is 6.92 Å². The zero-order valence-electron chi connectivity index (χ0n) is 11.3. The number of aliphatic hydroxyl groups excluding tert-OH is 1. The van der Waals surface area contributed by atoms with E-state index in [1.165, 1.54) is 0 Å². The van der Waals surface area contributed by atoms with E-state index in [2.05, 4.69) is 15.9 Å². The first kappa shape index (κ1) is 16.1. The molecule has 0 radical (unpaired) electrons. The van der Waals surface area contributed by atoms with E-state index in [0.29, 0.717) is 13.2 Å². The van der Waals surface area contributed by atoms with Crippen LogP contribution in [0.15, 0.2) is 28.7 Å². The summed E-state index contributed by atoms with van der Waals surface area (Å²) in [6.45, 7) is 3.26. The normalized spacial score (nSPS) is 12.5. The Morgan fingerprint density at radius 2 is 2.26 bits per heavy atom. The molecule has 1 unspecified atom stereocenters. The fraction of sp³-hybridized carbons (Fsp3) is 0.500. The summed E-state index contributed by atoms with van der Waals surface area (Å²) in [7, 11) is 1.91. The number of hydrogen-bond donors (Lipinski definition) is 1. The Morgan fingerprint density at radius 3 is 2.89 bits per heavy atom. The SMILES string of the molecule is CCOC(=O)CC(O)CN(C)Cc1cccc(Br)c1. The topological polar surface area (TPSA) is 49.8 Å². The van der Waals surface area contributed by atoms with Crippen LogP contribution in [-0.4, -0.2) is 42.3 Å². The minimum absolute atomic E-state index is 0.0384. The van der Waals surface area contributed by atoms with Crippen molar-refractivity contribution in [3.05, 3.63) is 34.3 Å². The predicted molar refractivity (Wildman–Crippen MR) is 77.7 cm³/mol. The first-order valence-corrected chi connectivity index (χ1v) is 7.07. The second kappa shape index (κ2) is 8.30. The zero-order valence-corrected chi connectivity index (χ0v) is 12.9. The van der Waals surface area contributed by atoms with E-state index >= 15 is 0 Å². The zero-order chi connectivity index (χ0) is 14.3. The third-order valence-electron chi connectivity index (χ3n) is 2.57. The van der Waals surface area contributed by atoms with Crippen LogP contribution >= 0.6 is 15.9 Å². The maximum atomic E-state index is 11.2.